The fourth-order valence-corrected chi connectivity index (χ4v) is 2.19. The molecule has 108 valence electrons. The number of rotatable bonds is 4. The van der Waals surface area contributed by atoms with Crippen molar-refractivity contribution in [1.29, 1.82) is 0 Å². The summed E-state index contributed by atoms with van der Waals surface area (Å²) in [6, 6.07) is 1.54. The minimum Gasteiger partial charge on any atom is -0.470 e. The summed E-state index contributed by atoms with van der Waals surface area (Å²) in [5.41, 5.74) is 2.65. The van der Waals surface area contributed by atoms with Crippen LogP contribution < -0.4 is 10.1 Å². The van der Waals surface area contributed by atoms with Gasteiger partial charge in [-0.1, -0.05) is 6.08 Å². The Bertz CT molecular complexity index is 553. The van der Waals surface area contributed by atoms with Crippen LogP contribution in [0.5, 0.6) is 5.88 Å². The van der Waals surface area contributed by atoms with Crippen LogP contribution >= 0.6 is 0 Å². The Morgan fingerprint density at radius 2 is 2.25 bits per heavy atom. The first-order valence-corrected chi connectivity index (χ1v) is 6.72. The lowest BCUT2D eigenvalue weighted by Crippen LogP contribution is -2.21. The fraction of sp³-hybridized carbons (Fsp3) is 0.500. The highest BCUT2D eigenvalue weighted by atomic mass is 16.6. The molecule has 1 aromatic rings. The molecular weight excluding hydrogens is 258 g/mol. The number of hydrogen-bond acceptors (Lipinski definition) is 5. The van der Waals surface area contributed by atoms with Gasteiger partial charge in [-0.25, -0.2) is 4.98 Å². The van der Waals surface area contributed by atoms with E-state index in [-0.39, 0.29) is 17.7 Å². The molecule has 1 aromatic heterocycles. The van der Waals surface area contributed by atoms with Gasteiger partial charge < -0.3 is 10.1 Å². The van der Waals surface area contributed by atoms with Crippen molar-refractivity contribution in [2.75, 3.05) is 13.1 Å². The Kier molecular flexibility index (Phi) is 4.34. The number of aryl methyl sites for hydroxylation is 1. The second kappa shape index (κ2) is 6.00. The minimum atomic E-state index is -0.446. The largest absolute Gasteiger partial charge is 0.470 e. The molecule has 0 fully saturated rings. The first-order chi connectivity index (χ1) is 9.49. The quantitative estimate of drug-likeness (QED) is 0.675. The van der Waals surface area contributed by atoms with Crippen LogP contribution in [0.1, 0.15) is 31.5 Å². The van der Waals surface area contributed by atoms with Crippen molar-refractivity contribution >= 4 is 11.3 Å². The van der Waals surface area contributed by atoms with Gasteiger partial charge in [0.05, 0.1) is 16.7 Å². The number of aromatic nitrogens is 1. The maximum Gasteiger partial charge on any atom is 0.331 e. The lowest BCUT2D eigenvalue weighted by molar-refractivity contribution is -0.386. The number of pyridine rings is 1. The van der Waals surface area contributed by atoms with Gasteiger partial charge in [0, 0.05) is 12.6 Å². The first-order valence-electron chi connectivity index (χ1n) is 6.72. The summed E-state index contributed by atoms with van der Waals surface area (Å²) in [4.78, 5) is 15.1. The SMILES string of the molecule is Cc1cc([N+](=O)[O-])c(OC(C)C)nc1C1=CCNCC1. The van der Waals surface area contributed by atoms with Crippen LogP contribution in [-0.2, 0) is 0 Å². The van der Waals surface area contributed by atoms with Gasteiger partial charge >= 0.3 is 5.69 Å². The zero-order valence-electron chi connectivity index (χ0n) is 12.0. The van der Waals surface area contributed by atoms with Gasteiger partial charge in [0.15, 0.2) is 0 Å². The number of ether oxygens (including phenoxy) is 1. The Balaban J connectivity index is 2.48. The third-order valence-corrected chi connectivity index (χ3v) is 3.07. The van der Waals surface area contributed by atoms with Crippen LogP contribution in [0.2, 0.25) is 0 Å². The number of nitro groups is 1. The first kappa shape index (κ1) is 14.5. The molecule has 0 saturated heterocycles. The van der Waals surface area contributed by atoms with Crippen molar-refractivity contribution in [1.82, 2.24) is 10.3 Å². The molecule has 1 aliphatic heterocycles. The molecule has 1 N–H and O–H groups in total. The molecule has 0 aliphatic carbocycles. The molecule has 0 bridgehead atoms. The lowest BCUT2D eigenvalue weighted by atomic mass is 10.0. The molecule has 0 radical (unpaired) electrons. The molecule has 20 heavy (non-hydrogen) atoms. The van der Waals surface area contributed by atoms with Crippen LogP contribution in [0.3, 0.4) is 0 Å². The van der Waals surface area contributed by atoms with Crippen LogP contribution in [0.25, 0.3) is 5.57 Å². The van der Waals surface area contributed by atoms with Gasteiger partial charge in [-0.05, 0) is 44.9 Å². The van der Waals surface area contributed by atoms with E-state index in [1.54, 1.807) is 6.07 Å². The Labute approximate surface area is 118 Å². The molecular formula is C14H19N3O3. The summed E-state index contributed by atoms with van der Waals surface area (Å²) in [7, 11) is 0. The Hall–Kier alpha value is -1.95. The van der Waals surface area contributed by atoms with Gasteiger partial charge in [0.2, 0.25) is 0 Å². The van der Waals surface area contributed by atoms with E-state index in [0.717, 1.165) is 36.3 Å². The van der Waals surface area contributed by atoms with Crippen LogP contribution in [0.15, 0.2) is 12.1 Å². The maximum atomic E-state index is 11.1. The highest BCUT2D eigenvalue weighted by molar-refractivity contribution is 5.68. The van der Waals surface area contributed by atoms with Crippen molar-refractivity contribution < 1.29 is 9.66 Å². The van der Waals surface area contributed by atoms with Crippen LogP contribution in [-0.4, -0.2) is 29.1 Å². The van der Waals surface area contributed by atoms with E-state index in [4.69, 9.17) is 4.74 Å². The topological polar surface area (TPSA) is 77.3 Å². The smallest absolute Gasteiger partial charge is 0.331 e. The Morgan fingerprint density at radius 1 is 1.50 bits per heavy atom. The molecule has 6 nitrogen and oxygen atoms in total. The van der Waals surface area contributed by atoms with Crippen molar-refractivity contribution in [3.63, 3.8) is 0 Å². The highest BCUT2D eigenvalue weighted by Crippen LogP contribution is 2.31. The van der Waals surface area contributed by atoms with E-state index in [1.165, 1.54) is 0 Å². The van der Waals surface area contributed by atoms with Gasteiger partial charge in [-0.15, -0.1) is 0 Å². The lowest BCUT2D eigenvalue weighted by Gasteiger charge is -2.17. The molecule has 0 spiro atoms. The molecule has 0 atom stereocenters. The second-order valence-electron chi connectivity index (χ2n) is 5.09. The van der Waals surface area contributed by atoms with Crippen molar-refractivity contribution in [3.05, 3.63) is 33.5 Å². The third kappa shape index (κ3) is 3.14. The molecule has 2 heterocycles. The summed E-state index contributed by atoms with van der Waals surface area (Å²) in [5, 5.41) is 14.3. The monoisotopic (exact) mass is 277 g/mol. The summed E-state index contributed by atoms with van der Waals surface area (Å²) in [5.74, 6) is 0.102. The average Bonchev–Trinajstić information content (AvgIpc) is 2.40. The molecule has 0 saturated carbocycles. The number of nitrogens with one attached hydrogen (secondary N) is 1. The van der Waals surface area contributed by atoms with Crippen molar-refractivity contribution in [3.8, 4) is 5.88 Å². The summed E-state index contributed by atoms with van der Waals surface area (Å²) in [6.45, 7) is 7.19. The minimum absolute atomic E-state index is 0.0746. The standard InChI is InChI=1S/C14H19N3O3/c1-9(2)20-14-12(17(18)19)8-10(3)13(16-14)11-4-6-15-7-5-11/h4,8-9,15H,5-7H2,1-3H3. The van der Waals surface area contributed by atoms with E-state index in [2.05, 4.69) is 16.4 Å². The third-order valence-electron chi connectivity index (χ3n) is 3.07. The molecule has 1 aliphatic rings. The summed E-state index contributed by atoms with van der Waals surface area (Å²) in [6.07, 6.45) is 2.79. The second-order valence-corrected chi connectivity index (χ2v) is 5.09. The molecule has 0 unspecified atom stereocenters. The summed E-state index contributed by atoms with van der Waals surface area (Å²) < 4.78 is 5.50. The van der Waals surface area contributed by atoms with E-state index < -0.39 is 4.92 Å². The maximum absolute atomic E-state index is 11.1. The Morgan fingerprint density at radius 3 is 2.80 bits per heavy atom. The number of nitrogens with zero attached hydrogens (tertiary/aromatic N) is 2. The molecule has 2 rings (SSSR count). The fourth-order valence-electron chi connectivity index (χ4n) is 2.19. The normalized spacial score (nSPS) is 15.1. The van der Waals surface area contributed by atoms with E-state index in [0.29, 0.717) is 0 Å². The average molecular weight is 277 g/mol. The summed E-state index contributed by atoms with van der Waals surface area (Å²) >= 11 is 0. The number of hydrogen-bond donors (Lipinski definition) is 1. The van der Waals surface area contributed by atoms with E-state index >= 15 is 0 Å². The van der Waals surface area contributed by atoms with Gasteiger partial charge in [-0.2, -0.15) is 0 Å². The van der Waals surface area contributed by atoms with Crippen molar-refractivity contribution in [2.24, 2.45) is 0 Å². The van der Waals surface area contributed by atoms with Crippen molar-refractivity contribution in [2.45, 2.75) is 33.3 Å². The van der Waals surface area contributed by atoms with E-state index in [9.17, 15) is 10.1 Å². The molecule has 0 aromatic carbocycles. The van der Waals surface area contributed by atoms with Gasteiger partial charge in [-0.3, -0.25) is 10.1 Å². The zero-order chi connectivity index (χ0) is 14.7. The van der Waals surface area contributed by atoms with E-state index in [1.807, 2.05) is 20.8 Å². The van der Waals surface area contributed by atoms with Gasteiger partial charge in [0.25, 0.3) is 5.88 Å². The highest BCUT2D eigenvalue weighted by Gasteiger charge is 2.22. The van der Waals surface area contributed by atoms with Crippen LogP contribution in [0, 0.1) is 17.0 Å². The van der Waals surface area contributed by atoms with Crippen LogP contribution in [0.4, 0.5) is 5.69 Å². The predicted octanol–water partition coefficient (Wildman–Crippen LogP) is 2.46. The predicted molar refractivity (Wildman–Crippen MR) is 76.9 cm³/mol. The zero-order valence-corrected chi connectivity index (χ0v) is 12.0. The molecule has 0 amide bonds. The van der Waals surface area contributed by atoms with Gasteiger partial charge in [0.1, 0.15) is 0 Å². The molecule has 6 heteroatoms.